The molecule has 0 atom stereocenters. The van der Waals surface area contributed by atoms with E-state index in [-0.39, 0.29) is 5.91 Å². The molecule has 1 aromatic heterocycles. The highest BCUT2D eigenvalue weighted by atomic mass is 32.2. The topological polar surface area (TPSA) is 54.9 Å². The summed E-state index contributed by atoms with van der Waals surface area (Å²) in [6.45, 7) is 0. The van der Waals surface area contributed by atoms with Crippen molar-refractivity contribution in [3.05, 3.63) is 76.8 Å². The average molecular weight is 367 g/mol. The Morgan fingerprint density at radius 1 is 1.12 bits per heavy atom. The van der Waals surface area contributed by atoms with E-state index in [2.05, 4.69) is 15.5 Å². The van der Waals surface area contributed by atoms with Crippen LogP contribution in [0.2, 0.25) is 0 Å². The van der Waals surface area contributed by atoms with Crippen LogP contribution in [-0.4, -0.2) is 22.4 Å². The minimum Gasteiger partial charge on any atom is -0.297 e. The number of carbonyl (C=O) groups is 1. The second-order valence-corrected chi connectivity index (χ2v) is 7.20. The molecule has 3 rings (SSSR count). The van der Waals surface area contributed by atoms with E-state index in [9.17, 15) is 4.79 Å². The summed E-state index contributed by atoms with van der Waals surface area (Å²) in [5.74, 6) is -0.212. The third-order valence-corrected chi connectivity index (χ3v) is 5.02. The number of benzene rings is 2. The van der Waals surface area contributed by atoms with Gasteiger partial charge >= 0.3 is 0 Å². The van der Waals surface area contributed by atoms with Gasteiger partial charge in [0.1, 0.15) is 5.01 Å². The summed E-state index contributed by atoms with van der Waals surface area (Å²) < 4.78 is 0. The van der Waals surface area contributed by atoms with E-state index in [1.54, 1.807) is 17.8 Å². The van der Waals surface area contributed by atoms with Gasteiger partial charge in [0.05, 0.1) is 0 Å². The number of hydrogen-bond donors (Lipinski definition) is 1. The van der Waals surface area contributed by atoms with Crippen LogP contribution in [-0.2, 0) is 11.2 Å². The molecular weight excluding hydrogens is 350 g/mol. The largest absolute Gasteiger partial charge is 0.297 e. The minimum atomic E-state index is -0.212. The molecule has 6 heteroatoms. The van der Waals surface area contributed by atoms with Crippen molar-refractivity contribution < 1.29 is 4.79 Å². The lowest BCUT2D eigenvalue weighted by molar-refractivity contribution is -0.111. The lowest BCUT2D eigenvalue weighted by Gasteiger charge is -1.97. The van der Waals surface area contributed by atoms with Gasteiger partial charge in [-0.2, -0.15) is 0 Å². The van der Waals surface area contributed by atoms with Crippen LogP contribution >= 0.6 is 23.1 Å². The molecule has 126 valence electrons. The van der Waals surface area contributed by atoms with E-state index in [4.69, 9.17) is 0 Å². The summed E-state index contributed by atoms with van der Waals surface area (Å²) >= 11 is 3.08. The standard InChI is InChI=1S/C19H17N3OS2/c1-24-16-10-7-14(8-11-16)9-12-17(23)20-19-22-21-18(25-19)13-15-5-3-2-4-6-15/h2-12H,13H2,1H3,(H,20,22,23)/b12-9+. The maximum atomic E-state index is 12.0. The zero-order chi connectivity index (χ0) is 17.5. The first-order chi connectivity index (χ1) is 12.2. The molecule has 0 fully saturated rings. The lowest BCUT2D eigenvalue weighted by atomic mass is 10.2. The molecule has 0 unspecified atom stereocenters. The fraction of sp³-hybridized carbons (Fsp3) is 0.105. The zero-order valence-corrected chi connectivity index (χ0v) is 15.3. The van der Waals surface area contributed by atoms with Crippen molar-refractivity contribution in [2.75, 3.05) is 11.6 Å². The monoisotopic (exact) mass is 367 g/mol. The molecule has 0 aliphatic carbocycles. The Morgan fingerprint density at radius 2 is 1.88 bits per heavy atom. The van der Waals surface area contributed by atoms with Crippen molar-refractivity contribution in [2.45, 2.75) is 11.3 Å². The molecule has 4 nitrogen and oxygen atoms in total. The van der Waals surface area contributed by atoms with Crippen LogP contribution < -0.4 is 5.32 Å². The molecule has 0 aliphatic rings. The maximum absolute atomic E-state index is 12.0. The average Bonchev–Trinajstić information content (AvgIpc) is 3.08. The van der Waals surface area contributed by atoms with Crippen molar-refractivity contribution in [2.24, 2.45) is 0 Å². The molecule has 0 saturated carbocycles. The van der Waals surface area contributed by atoms with Gasteiger partial charge in [0, 0.05) is 17.4 Å². The number of nitrogens with zero attached hydrogens (tertiary/aromatic N) is 2. The number of hydrogen-bond acceptors (Lipinski definition) is 5. The predicted molar refractivity (Wildman–Crippen MR) is 105 cm³/mol. The van der Waals surface area contributed by atoms with E-state index in [0.29, 0.717) is 11.6 Å². The normalized spacial score (nSPS) is 10.9. The van der Waals surface area contributed by atoms with Crippen LogP contribution in [0.1, 0.15) is 16.1 Å². The summed E-state index contributed by atoms with van der Waals surface area (Å²) in [4.78, 5) is 13.2. The Hall–Kier alpha value is -2.44. The SMILES string of the molecule is CSc1ccc(/C=C/C(=O)Nc2nnc(Cc3ccccc3)s2)cc1. The zero-order valence-electron chi connectivity index (χ0n) is 13.7. The van der Waals surface area contributed by atoms with Crippen LogP contribution in [0.4, 0.5) is 5.13 Å². The Bertz CT molecular complexity index is 858. The molecule has 1 amide bonds. The van der Waals surface area contributed by atoms with Crippen LogP contribution in [0.15, 0.2) is 65.6 Å². The highest BCUT2D eigenvalue weighted by Crippen LogP contribution is 2.19. The van der Waals surface area contributed by atoms with Gasteiger partial charge in [-0.25, -0.2) is 0 Å². The van der Waals surface area contributed by atoms with E-state index in [1.807, 2.05) is 60.9 Å². The van der Waals surface area contributed by atoms with Gasteiger partial charge in [-0.3, -0.25) is 10.1 Å². The summed E-state index contributed by atoms with van der Waals surface area (Å²) in [7, 11) is 0. The van der Waals surface area contributed by atoms with Gasteiger partial charge in [0.2, 0.25) is 11.0 Å². The van der Waals surface area contributed by atoms with Crippen LogP contribution in [0.3, 0.4) is 0 Å². The van der Waals surface area contributed by atoms with Gasteiger partial charge < -0.3 is 0 Å². The van der Waals surface area contributed by atoms with Crippen LogP contribution in [0, 0.1) is 0 Å². The van der Waals surface area contributed by atoms with E-state index >= 15 is 0 Å². The molecule has 1 heterocycles. The van der Waals surface area contributed by atoms with Crippen molar-refractivity contribution in [3.63, 3.8) is 0 Å². The Morgan fingerprint density at radius 3 is 2.60 bits per heavy atom. The maximum Gasteiger partial charge on any atom is 0.250 e. The number of aromatic nitrogens is 2. The van der Waals surface area contributed by atoms with E-state index in [1.165, 1.54) is 27.9 Å². The number of thioether (sulfide) groups is 1. The van der Waals surface area contributed by atoms with Gasteiger partial charge in [0.15, 0.2) is 0 Å². The molecule has 0 bridgehead atoms. The second-order valence-electron chi connectivity index (χ2n) is 5.26. The van der Waals surface area contributed by atoms with Crippen LogP contribution in [0.5, 0.6) is 0 Å². The predicted octanol–water partition coefficient (Wildman–Crippen LogP) is 4.50. The minimum absolute atomic E-state index is 0.212. The molecule has 2 aromatic carbocycles. The number of carbonyl (C=O) groups excluding carboxylic acids is 1. The number of nitrogens with one attached hydrogen (secondary N) is 1. The van der Waals surface area contributed by atoms with E-state index < -0.39 is 0 Å². The highest BCUT2D eigenvalue weighted by molar-refractivity contribution is 7.98. The third-order valence-electron chi connectivity index (χ3n) is 3.44. The van der Waals surface area contributed by atoms with Gasteiger partial charge in [-0.05, 0) is 35.6 Å². The van der Waals surface area contributed by atoms with Crippen molar-refractivity contribution in [3.8, 4) is 0 Å². The lowest BCUT2D eigenvalue weighted by Crippen LogP contribution is -2.07. The van der Waals surface area contributed by atoms with E-state index in [0.717, 1.165) is 10.6 Å². The smallest absolute Gasteiger partial charge is 0.250 e. The summed E-state index contributed by atoms with van der Waals surface area (Å²) in [6, 6.07) is 18.1. The Labute approximate surface area is 155 Å². The summed E-state index contributed by atoms with van der Waals surface area (Å²) in [5, 5.41) is 12.3. The first-order valence-corrected chi connectivity index (χ1v) is 9.76. The first-order valence-electron chi connectivity index (χ1n) is 7.72. The Balaban J connectivity index is 1.56. The molecule has 0 aliphatic heterocycles. The Kier molecular flexibility index (Phi) is 5.98. The molecule has 0 radical (unpaired) electrons. The number of anilines is 1. The molecule has 0 spiro atoms. The quantitative estimate of drug-likeness (QED) is 0.515. The second kappa shape index (κ2) is 8.60. The number of amides is 1. The molecular formula is C19H17N3OS2. The summed E-state index contributed by atoms with van der Waals surface area (Å²) in [5.41, 5.74) is 2.15. The third kappa shape index (κ3) is 5.27. The van der Waals surface area contributed by atoms with Gasteiger partial charge in [-0.15, -0.1) is 22.0 Å². The molecule has 3 aromatic rings. The summed E-state index contributed by atoms with van der Waals surface area (Å²) in [6.07, 6.45) is 6.04. The molecule has 0 saturated heterocycles. The fourth-order valence-corrected chi connectivity index (χ4v) is 3.37. The van der Waals surface area contributed by atoms with Crippen LogP contribution in [0.25, 0.3) is 6.08 Å². The van der Waals surface area contributed by atoms with Crippen molar-refractivity contribution in [1.29, 1.82) is 0 Å². The van der Waals surface area contributed by atoms with Crippen molar-refractivity contribution in [1.82, 2.24) is 10.2 Å². The van der Waals surface area contributed by atoms with Gasteiger partial charge in [0.25, 0.3) is 0 Å². The molecule has 1 N–H and O–H groups in total. The molecule has 25 heavy (non-hydrogen) atoms. The number of rotatable bonds is 6. The first kappa shape index (κ1) is 17.4. The van der Waals surface area contributed by atoms with Crippen molar-refractivity contribution >= 4 is 40.2 Å². The highest BCUT2D eigenvalue weighted by Gasteiger charge is 2.07. The van der Waals surface area contributed by atoms with Gasteiger partial charge in [-0.1, -0.05) is 53.8 Å². The fourth-order valence-electron chi connectivity index (χ4n) is 2.18.